The van der Waals surface area contributed by atoms with E-state index in [1.807, 2.05) is 4.90 Å². The number of carboxylic acid groups (broad SMARTS) is 1. The van der Waals surface area contributed by atoms with Crippen LogP contribution in [0, 0.1) is 11.6 Å². The minimum absolute atomic E-state index is 0.0616. The van der Waals surface area contributed by atoms with Crippen LogP contribution in [0.4, 0.5) is 8.78 Å². The van der Waals surface area contributed by atoms with Crippen LogP contribution in [-0.4, -0.2) is 40.0 Å². The standard InChI is InChI=1S/C13H14F2N2O2S/c14-10-5-9(6-11(15)7-10)8-17-3-2-16-13(17)20-4-1-12(18)19/h5-7H,1-4,8H2,(H,18,19). The highest BCUT2D eigenvalue weighted by molar-refractivity contribution is 8.13. The Kier molecular flexibility index (Phi) is 4.94. The maximum absolute atomic E-state index is 13.1. The molecule has 0 aliphatic carbocycles. The molecule has 0 bridgehead atoms. The number of amidine groups is 1. The molecule has 0 saturated carbocycles. The van der Waals surface area contributed by atoms with E-state index in [1.165, 1.54) is 23.9 Å². The minimum atomic E-state index is -0.852. The van der Waals surface area contributed by atoms with Crippen LogP contribution >= 0.6 is 11.8 Å². The van der Waals surface area contributed by atoms with Crippen molar-refractivity contribution in [2.45, 2.75) is 13.0 Å². The first kappa shape index (κ1) is 14.8. The number of hydrogen-bond acceptors (Lipinski definition) is 4. The number of nitrogens with zero attached hydrogens (tertiary/aromatic N) is 2. The Bertz CT molecular complexity index is 517. The number of aliphatic imine (C=N–C) groups is 1. The topological polar surface area (TPSA) is 52.9 Å². The van der Waals surface area contributed by atoms with E-state index in [2.05, 4.69) is 4.99 Å². The lowest BCUT2D eigenvalue weighted by atomic mass is 10.2. The molecule has 20 heavy (non-hydrogen) atoms. The highest BCUT2D eigenvalue weighted by atomic mass is 32.2. The third-order valence-electron chi connectivity index (χ3n) is 2.73. The predicted molar refractivity (Wildman–Crippen MR) is 73.8 cm³/mol. The van der Waals surface area contributed by atoms with Gasteiger partial charge in [-0.1, -0.05) is 11.8 Å². The lowest BCUT2D eigenvalue weighted by Crippen LogP contribution is -2.25. The number of benzene rings is 1. The SMILES string of the molecule is O=C(O)CCSC1=NCCN1Cc1cc(F)cc(F)c1. The van der Waals surface area contributed by atoms with Gasteiger partial charge in [-0.2, -0.15) is 0 Å². The summed E-state index contributed by atoms with van der Waals surface area (Å²) in [7, 11) is 0. The fourth-order valence-corrected chi connectivity index (χ4v) is 2.88. The number of halogens is 2. The van der Waals surface area contributed by atoms with Gasteiger partial charge in [-0.25, -0.2) is 8.78 Å². The average Bonchev–Trinajstić information content (AvgIpc) is 2.75. The number of aliphatic carboxylic acids is 1. The number of carboxylic acids is 1. The largest absolute Gasteiger partial charge is 0.481 e. The van der Waals surface area contributed by atoms with Gasteiger partial charge in [0.15, 0.2) is 5.17 Å². The van der Waals surface area contributed by atoms with Crippen molar-refractivity contribution in [1.82, 2.24) is 4.90 Å². The first-order chi connectivity index (χ1) is 9.54. The summed E-state index contributed by atoms with van der Waals surface area (Å²) in [5.74, 6) is -1.62. The van der Waals surface area contributed by atoms with Crippen LogP contribution in [0.3, 0.4) is 0 Å². The molecule has 1 aliphatic heterocycles. The smallest absolute Gasteiger partial charge is 0.304 e. The Morgan fingerprint density at radius 2 is 2.05 bits per heavy atom. The van der Waals surface area contributed by atoms with E-state index in [9.17, 15) is 13.6 Å². The van der Waals surface area contributed by atoms with Gasteiger partial charge in [-0.3, -0.25) is 9.79 Å². The van der Waals surface area contributed by atoms with E-state index in [4.69, 9.17) is 5.11 Å². The molecule has 0 unspecified atom stereocenters. The van der Waals surface area contributed by atoms with Crippen molar-refractivity contribution in [3.05, 3.63) is 35.4 Å². The summed E-state index contributed by atoms with van der Waals surface area (Å²) >= 11 is 1.36. The number of rotatable bonds is 5. The molecule has 7 heteroatoms. The van der Waals surface area contributed by atoms with Crippen LogP contribution in [0.15, 0.2) is 23.2 Å². The Balaban J connectivity index is 1.94. The van der Waals surface area contributed by atoms with E-state index in [0.717, 1.165) is 11.2 Å². The van der Waals surface area contributed by atoms with Crippen molar-refractivity contribution in [2.24, 2.45) is 4.99 Å². The first-order valence-corrected chi connectivity index (χ1v) is 7.12. The van der Waals surface area contributed by atoms with Crippen LogP contribution in [0.1, 0.15) is 12.0 Å². The highest BCUT2D eigenvalue weighted by Gasteiger charge is 2.18. The van der Waals surface area contributed by atoms with Gasteiger partial charge < -0.3 is 10.0 Å². The third-order valence-corrected chi connectivity index (χ3v) is 3.78. The van der Waals surface area contributed by atoms with Gasteiger partial charge in [0.1, 0.15) is 11.6 Å². The maximum Gasteiger partial charge on any atom is 0.304 e. The quantitative estimate of drug-likeness (QED) is 0.907. The lowest BCUT2D eigenvalue weighted by molar-refractivity contribution is -0.136. The molecule has 0 saturated heterocycles. The second-order valence-electron chi connectivity index (χ2n) is 4.36. The molecule has 1 heterocycles. The van der Waals surface area contributed by atoms with Crippen LogP contribution in [0.2, 0.25) is 0 Å². The molecule has 0 fully saturated rings. The van der Waals surface area contributed by atoms with Crippen LogP contribution in [0.5, 0.6) is 0 Å². The van der Waals surface area contributed by atoms with Crippen molar-refractivity contribution in [2.75, 3.05) is 18.8 Å². The number of carbonyl (C=O) groups is 1. The van der Waals surface area contributed by atoms with E-state index in [-0.39, 0.29) is 6.42 Å². The molecule has 108 valence electrons. The summed E-state index contributed by atoms with van der Waals surface area (Å²) in [6.45, 7) is 1.66. The normalized spacial score (nSPS) is 14.5. The molecule has 2 rings (SSSR count). The second kappa shape index (κ2) is 6.69. The summed E-state index contributed by atoms with van der Waals surface area (Å²) < 4.78 is 26.3. The molecule has 0 radical (unpaired) electrons. The molecule has 1 aromatic carbocycles. The number of hydrogen-bond donors (Lipinski definition) is 1. The van der Waals surface area contributed by atoms with E-state index in [0.29, 0.717) is 31.0 Å². The van der Waals surface area contributed by atoms with Crippen molar-refractivity contribution in [3.8, 4) is 0 Å². The molecular formula is C13H14F2N2O2S. The van der Waals surface area contributed by atoms with E-state index < -0.39 is 17.6 Å². The average molecular weight is 300 g/mol. The van der Waals surface area contributed by atoms with Crippen molar-refractivity contribution < 1.29 is 18.7 Å². The van der Waals surface area contributed by atoms with Crippen LogP contribution in [-0.2, 0) is 11.3 Å². The predicted octanol–water partition coefficient (Wildman–Crippen LogP) is 2.34. The Hall–Kier alpha value is -1.63. The van der Waals surface area contributed by atoms with Gasteiger partial charge >= 0.3 is 5.97 Å². The van der Waals surface area contributed by atoms with Crippen molar-refractivity contribution in [1.29, 1.82) is 0 Å². The molecule has 4 nitrogen and oxygen atoms in total. The van der Waals surface area contributed by atoms with E-state index in [1.54, 1.807) is 0 Å². The zero-order valence-corrected chi connectivity index (χ0v) is 11.5. The summed E-state index contributed by atoms with van der Waals surface area (Å²) in [6, 6.07) is 3.42. The monoisotopic (exact) mass is 300 g/mol. The molecule has 0 spiro atoms. The maximum atomic E-state index is 13.1. The van der Waals surface area contributed by atoms with E-state index >= 15 is 0 Å². The molecular weight excluding hydrogens is 286 g/mol. The molecule has 0 atom stereocenters. The van der Waals surface area contributed by atoms with Gasteiger partial charge in [-0.05, 0) is 17.7 Å². The zero-order valence-electron chi connectivity index (χ0n) is 10.7. The first-order valence-electron chi connectivity index (χ1n) is 6.13. The zero-order chi connectivity index (χ0) is 14.5. The summed E-state index contributed by atoms with van der Waals surface area (Å²) in [6.07, 6.45) is 0.0616. The molecule has 1 N–H and O–H groups in total. The van der Waals surface area contributed by atoms with Crippen molar-refractivity contribution >= 4 is 22.9 Å². The summed E-state index contributed by atoms with van der Waals surface area (Å²) in [5.41, 5.74) is 0.538. The molecule has 0 amide bonds. The van der Waals surface area contributed by atoms with Gasteiger partial charge in [0.05, 0.1) is 13.0 Å². The van der Waals surface area contributed by atoms with Crippen molar-refractivity contribution in [3.63, 3.8) is 0 Å². The Labute approximate surface area is 119 Å². The Morgan fingerprint density at radius 1 is 1.35 bits per heavy atom. The second-order valence-corrected chi connectivity index (χ2v) is 5.42. The van der Waals surface area contributed by atoms with Crippen LogP contribution in [0.25, 0.3) is 0 Å². The lowest BCUT2D eigenvalue weighted by Gasteiger charge is -2.19. The summed E-state index contributed by atoms with van der Waals surface area (Å²) in [5, 5.41) is 9.33. The Morgan fingerprint density at radius 3 is 2.70 bits per heavy atom. The molecule has 1 aliphatic rings. The highest BCUT2D eigenvalue weighted by Crippen LogP contribution is 2.19. The van der Waals surface area contributed by atoms with Gasteiger partial charge in [0, 0.05) is 24.9 Å². The fraction of sp³-hybridized carbons (Fsp3) is 0.385. The van der Waals surface area contributed by atoms with Gasteiger partial charge in [-0.15, -0.1) is 0 Å². The number of thioether (sulfide) groups is 1. The molecule has 0 aromatic heterocycles. The van der Waals surface area contributed by atoms with Crippen LogP contribution < -0.4 is 0 Å². The van der Waals surface area contributed by atoms with Gasteiger partial charge in [0.25, 0.3) is 0 Å². The summed E-state index contributed by atoms with van der Waals surface area (Å²) in [4.78, 5) is 16.7. The fourth-order valence-electron chi connectivity index (χ4n) is 1.90. The third kappa shape index (κ3) is 4.19. The van der Waals surface area contributed by atoms with Gasteiger partial charge in [0.2, 0.25) is 0 Å². The minimum Gasteiger partial charge on any atom is -0.481 e. The molecule has 1 aromatic rings.